The molecular formula is C14H14Cl3NO. The predicted octanol–water partition coefficient (Wildman–Crippen LogP) is 4.15. The average molecular weight is 319 g/mol. The molecular weight excluding hydrogens is 305 g/mol. The van der Waals surface area contributed by atoms with Crippen molar-refractivity contribution in [3.05, 3.63) is 69.7 Å². The third kappa shape index (κ3) is 4.10. The minimum atomic E-state index is -0.775. The number of halogens is 3. The SMILES string of the molecule is Cl.NC(c1ccc(Cl)cc1)C(O)c1ccc(Cl)cc1. The van der Waals surface area contributed by atoms with Crippen molar-refractivity contribution in [1.29, 1.82) is 0 Å². The lowest BCUT2D eigenvalue weighted by Gasteiger charge is -2.19. The number of nitrogens with two attached hydrogens (primary N) is 1. The van der Waals surface area contributed by atoms with Gasteiger partial charge in [-0.2, -0.15) is 0 Å². The molecule has 2 rings (SSSR count). The van der Waals surface area contributed by atoms with E-state index < -0.39 is 12.1 Å². The maximum Gasteiger partial charge on any atom is 0.0982 e. The van der Waals surface area contributed by atoms with Crippen molar-refractivity contribution in [2.45, 2.75) is 12.1 Å². The summed E-state index contributed by atoms with van der Waals surface area (Å²) in [7, 11) is 0. The van der Waals surface area contributed by atoms with Gasteiger partial charge in [-0.3, -0.25) is 0 Å². The van der Waals surface area contributed by atoms with E-state index in [9.17, 15) is 5.11 Å². The second kappa shape index (κ2) is 7.13. The van der Waals surface area contributed by atoms with Gasteiger partial charge in [-0.15, -0.1) is 12.4 Å². The van der Waals surface area contributed by atoms with E-state index in [2.05, 4.69) is 0 Å². The highest BCUT2D eigenvalue weighted by atomic mass is 35.5. The second-order valence-electron chi connectivity index (χ2n) is 4.07. The Bertz CT molecular complexity index is 464. The number of rotatable bonds is 3. The van der Waals surface area contributed by atoms with E-state index >= 15 is 0 Å². The van der Waals surface area contributed by atoms with Crippen LogP contribution in [0.1, 0.15) is 23.3 Å². The van der Waals surface area contributed by atoms with Gasteiger partial charge in [0.2, 0.25) is 0 Å². The van der Waals surface area contributed by atoms with Gasteiger partial charge < -0.3 is 10.8 Å². The van der Waals surface area contributed by atoms with Crippen molar-refractivity contribution in [1.82, 2.24) is 0 Å². The monoisotopic (exact) mass is 317 g/mol. The Labute approximate surface area is 128 Å². The Kier molecular flexibility index (Phi) is 6.11. The van der Waals surface area contributed by atoms with E-state index in [1.807, 2.05) is 12.1 Å². The van der Waals surface area contributed by atoms with Crippen LogP contribution in [-0.4, -0.2) is 5.11 Å². The molecule has 0 aliphatic carbocycles. The summed E-state index contributed by atoms with van der Waals surface area (Å²) in [6, 6.07) is 13.6. The lowest BCUT2D eigenvalue weighted by molar-refractivity contribution is 0.147. The van der Waals surface area contributed by atoms with Crippen LogP contribution in [0.2, 0.25) is 10.0 Å². The number of hydrogen-bond donors (Lipinski definition) is 2. The third-order valence-corrected chi connectivity index (χ3v) is 3.31. The number of hydrogen-bond acceptors (Lipinski definition) is 2. The number of aliphatic hydroxyl groups is 1. The Morgan fingerprint density at radius 1 is 0.789 bits per heavy atom. The number of aliphatic hydroxyl groups excluding tert-OH is 1. The highest BCUT2D eigenvalue weighted by Gasteiger charge is 2.18. The molecule has 2 nitrogen and oxygen atoms in total. The van der Waals surface area contributed by atoms with E-state index in [-0.39, 0.29) is 12.4 Å². The van der Waals surface area contributed by atoms with E-state index in [4.69, 9.17) is 28.9 Å². The first kappa shape index (κ1) is 16.3. The lowest BCUT2D eigenvalue weighted by Crippen LogP contribution is -2.19. The Morgan fingerprint density at radius 2 is 1.16 bits per heavy atom. The first-order chi connectivity index (χ1) is 8.58. The molecule has 102 valence electrons. The van der Waals surface area contributed by atoms with Gasteiger partial charge in [-0.25, -0.2) is 0 Å². The Balaban J connectivity index is 0.00000180. The average Bonchev–Trinajstić information content (AvgIpc) is 2.39. The topological polar surface area (TPSA) is 46.2 Å². The van der Waals surface area contributed by atoms with Crippen molar-refractivity contribution < 1.29 is 5.11 Å². The largest absolute Gasteiger partial charge is 0.386 e. The first-order valence-corrected chi connectivity index (χ1v) is 6.28. The minimum Gasteiger partial charge on any atom is -0.386 e. The van der Waals surface area contributed by atoms with E-state index in [0.717, 1.165) is 11.1 Å². The summed E-state index contributed by atoms with van der Waals surface area (Å²) in [6.45, 7) is 0. The fourth-order valence-corrected chi connectivity index (χ4v) is 1.99. The number of benzene rings is 2. The molecule has 2 aromatic carbocycles. The zero-order valence-electron chi connectivity index (χ0n) is 9.96. The van der Waals surface area contributed by atoms with Crippen LogP contribution in [0.4, 0.5) is 0 Å². The molecule has 0 fully saturated rings. The molecule has 0 bridgehead atoms. The van der Waals surface area contributed by atoms with Crippen LogP contribution in [0.15, 0.2) is 48.5 Å². The van der Waals surface area contributed by atoms with Crippen LogP contribution in [-0.2, 0) is 0 Å². The molecule has 2 unspecified atom stereocenters. The molecule has 0 radical (unpaired) electrons. The van der Waals surface area contributed by atoms with Crippen LogP contribution >= 0.6 is 35.6 Å². The normalized spacial score (nSPS) is 13.5. The van der Waals surface area contributed by atoms with Gasteiger partial charge in [0.05, 0.1) is 12.1 Å². The first-order valence-electron chi connectivity index (χ1n) is 5.52. The van der Waals surface area contributed by atoms with Crippen LogP contribution in [0.5, 0.6) is 0 Å². The molecule has 0 aromatic heterocycles. The Hall–Kier alpha value is -0.770. The molecule has 0 heterocycles. The van der Waals surface area contributed by atoms with Crippen molar-refractivity contribution in [2.75, 3.05) is 0 Å². The van der Waals surface area contributed by atoms with Gasteiger partial charge in [0.1, 0.15) is 0 Å². The minimum absolute atomic E-state index is 0. The van der Waals surface area contributed by atoms with E-state index in [0.29, 0.717) is 10.0 Å². The molecule has 5 heteroatoms. The van der Waals surface area contributed by atoms with E-state index in [1.165, 1.54) is 0 Å². The molecule has 0 aliphatic rings. The summed E-state index contributed by atoms with van der Waals surface area (Å²) in [5.41, 5.74) is 7.61. The molecule has 0 amide bonds. The quantitative estimate of drug-likeness (QED) is 0.893. The molecule has 19 heavy (non-hydrogen) atoms. The van der Waals surface area contributed by atoms with Crippen molar-refractivity contribution in [3.63, 3.8) is 0 Å². The van der Waals surface area contributed by atoms with Crippen molar-refractivity contribution in [3.8, 4) is 0 Å². The summed E-state index contributed by atoms with van der Waals surface area (Å²) in [6.07, 6.45) is -0.775. The van der Waals surface area contributed by atoms with Crippen LogP contribution < -0.4 is 5.73 Å². The highest BCUT2D eigenvalue weighted by Crippen LogP contribution is 2.28. The second-order valence-corrected chi connectivity index (χ2v) is 4.95. The smallest absolute Gasteiger partial charge is 0.0982 e. The van der Waals surface area contributed by atoms with Gasteiger partial charge in [-0.05, 0) is 35.4 Å². The van der Waals surface area contributed by atoms with Crippen molar-refractivity contribution in [2.24, 2.45) is 5.73 Å². The van der Waals surface area contributed by atoms with Gasteiger partial charge in [-0.1, -0.05) is 47.5 Å². The Morgan fingerprint density at radius 3 is 1.58 bits per heavy atom. The zero-order valence-corrected chi connectivity index (χ0v) is 12.3. The maximum absolute atomic E-state index is 10.2. The fourth-order valence-electron chi connectivity index (χ4n) is 1.73. The maximum atomic E-state index is 10.2. The van der Waals surface area contributed by atoms with Crippen molar-refractivity contribution >= 4 is 35.6 Å². The lowest BCUT2D eigenvalue weighted by atomic mass is 9.97. The molecule has 0 spiro atoms. The molecule has 3 N–H and O–H groups in total. The molecule has 0 saturated carbocycles. The predicted molar refractivity (Wildman–Crippen MR) is 82.0 cm³/mol. The van der Waals surface area contributed by atoms with E-state index in [1.54, 1.807) is 36.4 Å². The summed E-state index contributed by atoms with van der Waals surface area (Å²) >= 11 is 11.6. The van der Waals surface area contributed by atoms with Gasteiger partial charge in [0.25, 0.3) is 0 Å². The molecule has 2 aromatic rings. The summed E-state index contributed by atoms with van der Waals surface area (Å²) in [5.74, 6) is 0. The highest BCUT2D eigenvalue weighted by molar-refractivity contribution is 6.30. The standard InChI is InChI=1S/C14H13Cl2NO.ClH/c15-11-5-1-9(2-6-11)13(17)14(18)10-3-7-12(16)8-4-10;/h1-8,13-14,18H,17H2;1H. The van der Waals surface area contributed by atoms with Crippen LogP contribution in [0, 0.1) is 0 Å². The van der Waals surface area contributed by atoms with Crippen LogP contribution in [0.25, 0.3) is 0 Å². The summed E-state index contributed by atoms with van der Waals surface area (Å²) in [5, 5.41) is 11.5. The molecule has 2 atom stereocenters. The third-order valence-electron chi connectivity index (χ3n) is 2.81. The van der Waals surface area contributed by atoms with Gasteiger partial charge in [0.15, 0.2) is 0 Å². The zero-order chi connectivity index (χ0) is 13.1. The summed E-state index contributed by atoms with van der Waals surface area (Å²) in [4.78, 5) is 0. The fraction of sp³-hybridized carbons (Fsp3) is 0.143. The van der Waals surface area contributed by atoms with Gasteiger partial charge >= 0.3 is 0 Å². The van der Waals surface area contributed by atoms with Crippen LogP contribution in [0.3, 0.4) is 0 Å². The molecule has 0 aliphatic heterocycles. The summed E-state index contributed by atoms with van der Waals surface area (Å²) < 4.78 is 0. The van der Waals surface area contributed by atoms with Gasteiger partial charge in [0, 0.05) is 10.0 Å². The molecule has 0 saturated heterocycles.